The maximum Gasteiger partial charge on any atom is 0.337 e. The monoisotopic (exact) mass is 476 g/mol. The van der Waals surface area contributed by atoms with Crippen LogP contribution in [0.5, 0.6) is 5.75 Å². The molecule has 0 radical (unpaired) electrons. The molecule has 0 aliphatic heterocycles. The number of methoxy groups -OCH3 is 2. The first-order valence-electron chi connectivity index (χ1n) is 10.1. The molecule has 1 N–H and O–H groups in total. The number of ether oxygens (including phenoxy) is 2. The second kappa shape index (κ2) is 9.32. The summed E-state index contributed by atoms with van der Waals surface area (Å²) in [4.78, 5) is 24.7. The van der Waals surface area contributed by atoms with Gasteiger partial charge in [-0.2, -0.15) is 12.8 Å². The number of Topliss-reactive ketones (excluding diaryl/α,β-unsaturated/α-hetero) is 1. The standard InChI is InChI=1S/C25H20N2O6S/c1-32-18-11-13-19(14-12-18)34(30,31)27-22-15-23(24(28)21-6-4-3-5-20(21)22)26-17-9-7-16(8-10-17)25(29)33-2/h3-15,26H,1-2H3. The van der Waals surface area contributed by atoms with E-state index < -0.39 is 16.0 Å². The lowest BCUT2D eigenvalue weighted by molar-refractivity contribution is 0.0600. The summed E-state index contributed by atoms with van der Waals surface area (Å²) in [5, 5.41) is 2.99. The van der Waals surface area contributed by atoms with Crippen LogP contribution in [0.1, 0.15) is 26.3 Å². The first-order chi connectivity index (χ1) is 16.3. The second-order valence-electron chi connectivity index (χ2n) is 7.25. The fraction of sp³-hybridized carbons (Fsp3) is 0.0800. The Bertz CT molecular complexity index is 1420. The number of anilines is 1. The molecule has 0 heterocycles. The van der Waals surface area contributed by atoms with Crippen molar-refractivity contribution in [3.8, 4) is 5.75 Å². The highest BCUT2D eigenvalue weighted by Crippen LogP contribution is 2.26. The number of ketones is 1. The molecule has 1 aliphatic carbocycles. The Morgan fingerprint density at radius 2 is 1.53 bits per heavy atom. The summed E-state index contributed by atoms with van der Waals surface area (Å²) in [7, 11) is -1.28. The fourth-order valence-electron chi connectivity index (χ4n) is 3.39. The van der Waals surface area contributed by atoms with Gasteiger partial charge in [-0.05, 0) is 54.6 Å². The Balaban J connectivity index is 1.73. The van der Waals surface area contributed by atoms with Gasteiger partial charge in [-0.15, -0.1) is 0 Å². The Hall–Kier alpha value is -4.24. The summed E-state index contributed by atoms with van der Waals surface area (Å²) in [6.45, 7) is 0. The zero-order chi connectivity index (χ0) is 24.3. The Morgan fingerprint density at radius 3 is 2.15 bits per heavy atom. The third-order valence-electron chi connectivity index (χ3n) is 5.13. The minimum atomic E-state index is -4.06. The van der Waals surface area contributed by atoms with E-state index >= 15 is 0 Å². The molecule has 0 spiro atoms. The van der Waals surface area contributed by atoms with E-state index in [2.05, 4.69) is 14.5 Å². The quantitative estimate of drug-likeness (QED) is 0.538. The summed E-state index contributed by atoms with van der Waals surface area (Å²) < 4.78 is 39.8. The Kier molecular flexibility index (Phi) is 6.29. The summed E-state index contributed by atoms with van der Waals surface area (Å²) in [5.74, 6) is -0.273. The zero-order valence-corrected chi connectivity index (χ0v) is 19.1. The van der Waals surface area contributed by atoms with Crippen molar-refractivity contribution >= 4 is 33.2 Å². The highest BCUT2D eigenvalue weighted by molar-refractivity contribution is 7.90. The molecule has 9 heteroatoms. The summed E-state index contributed by atoms with van der Waals surface area (Å²) >= 11 is 0. The average molecular weight is 477 g/mol. The Labute approximate surface area is 196 Å². The lowest BCUT2D eigenvalue weighted by Crippen LogP contribution is -2.22. The van der Waals surface area contributed by atoms with Crippen molar-refractivity contribution in [2.75, 3.05) is 19.5 Å². The number of rotatable bonds is 6. The van der Waals surface area contributed by atoms with Crippen molar-refractivity contribution in [3.63, 3.8) is 0 Å². The van der Waals surface area contributed by atoms with E-state index in [4.69, 9.17) is 4.74 Å². The number of nitrogens with one attached hydrogen (secondary N) is 1. The van der Waals surface area contributed by atoms with E-state index in [1.54, 1.807) is 48.5 Å². The van der Waals surface area contributed by atoms with Crippen LogP contribution in [0, 0.1) is 0 Å². The number of sulfonamides is 1. The first-order valence-corrected chi connectivity index (χ1v) is 11.6. The van der Waals surface area contributed by atoms with E-state index in [-0.39, 0.29) is 22.1 Å². The first kappa shape index (κ1) is 22.9. The van der Waals surface area contributed by atoms with Gasteiger partial charge in [0.15, 0.2) is 0 Å². The average Bonchev–Trinajstić information content (AvgIpc) is 2.86. The van der Waals surface area contributed by atoms with Gasteiger partial charge in [0, 0.05) is 16.8 Å². The number of fused-ring (bicyclic) bond motifs is 1. The SMILES string of the molecule is COC(=O)c1ccc(NC2=CC(=NS(=O)(=O)c3ccc(OC)cc3)c3ccccc3C2=O)cc1. The third kappa shape index (κ3) is 4.60. The number of allylic oxidation sites excluding steroid dienone is 2. The molecule has 0 atom stereocenters. The number of hydrogen-bond donors (Lipinski definition) is 1. The van der Waals surface area contributed by atoms with Crippen molar-refractivity contribution in [2.45, 2.75) is 4.90 Å². The van der Waals surface area contributed by atoms with Gasteiger partial charge < -0.3 is 14.8 Å². The lowest BCUT2D eigenvalue weighted by Gasteiger charge is -2.19. The summed E-state index contributed by atoms with van der Waals surface area (Å²) in [6.07, 6.45) is 1.40. The number of carbonyl (C=O) groups is 2. The van der Waals surface area contributed by atoms with Gasteiger partial charge in [-0.25, -0.2) is 4.79 Å². The minimum Gasteiger partial charge on any atom is -0.497 e. The molecule has 0 saturated heterocycles. The van der Waals surface area contributed by atoms with Crippen molar-refractivity contribution in [1.29, 1.82) is 0 Å². The molecule has 8 nitrogen and oxygen atoms in total. The van der Waals surface area contributed by atoms with Gasteiger partial charge in [0.05, 0.1) is 36.1 Å². The van der Waals surface area contributed by atoms with Crippen molar-refractivity contribution in [2.24, 2.45) is 4.40 Å². The maximum atomic E-state index is 13.1. The van der Waals surface area contributed by atoms with Crippen LogP contribution in [0.3, 0.4) is 0 Å². The molecule has 0 bridgehead atoms. The third-order valence-corrected chi connectivity index (χ3v) is 6.44. The largest absolute Gasteiger partial charge is 0.497 e. The van der Waals surface area contributed by atoms with Gasteiger partial charge in [-0.3, -0.25) is 4.79 Å². The van der Waals surface area contributed by atoms with E-state index in [1.165, 1.54) is 44.6 Å². The molecular weight excluding hydrogens is 456 g/mol. The van der Waals surface area contributed by atoms with Crippen molar-refractivity contribution < 1.29 is 27.5 Å². The molecular formula is C25H20N2O6S. The van der Waals surface area contributed by atoms with Crippen molar-refractivity contribution in [1.82, 2.24) is 0 Å². The van der Waals surface area contributed by atoms with Crippen LogP contribution >= 0.6 is 0 Å². The van der Waals surface area contributed by atoms with Gasteiger partial charge in [0.2, 0.25) is 5.78 Å². The molecule has 3 aromatic rings. The molecule has 0 saturated carbocycles. The smallest absolute Gasteiger partial charge is 0.337 e. The summed E-state index contributed by atoms with van der Waals surface area (Å²) in [6, 6.07) is 18.9. The van der Waals surface area contributed by atoms with Crippen LogP contribution in [-0.4, -0.2) is 40.1 Å². The van der Waals surface area contributed by atoms with Crippen LogP contribution in [0.4, 0.5) is 5.69 Å². The molecule has 34 heavy (non-hydrogen) atoms. The number of esters is 1. The van der Waals surface area contributed by atoms with E-state index in [0.717, 1.165) is 0 Å². The van der Waals surface area contributed by atoms with Crippen molar-refractivity contribution in [3.05, 3.63) is 101 Å². The molecule has 0 amide bonds. The van der Waals surface area contributed by atoms with E-state index in [9.17, 15) is 18.0 Å². The van der Waals surface area contributed by atoms with Gasteiger partial charge in [0.25, 0.3) is 10.0 Å². The van der Waals surface area contributed by atoms with Crippen LogP contribution in [0.25, 0.3) is 0 Å². The highest BCUT2D eigenvalue weighted by Gasteiger charge is 2.26. The molecule has 4 rings (SSSR count). The Morgan fingerprint density at radius 1 is 0.882 bits per heavy atom. The summed E-state index contributed by atoms with van der Waals surface area (Å²) in [5.41, 5.74) is 1.89. The lowest BCUT2D eigenvalue weighted by atomic mass is 9.92. The molecule has 172 valence electrons. The molecule has 3 aromatic carbocycles. The van der Waals surface area contributed by atoms with Crippen LogP contribution in [0.15, 0.2) is 93.9 Å². The minimum absolute atomic E-state index is 0.00325. The number of benzene rings is 3. The van der Waals surface area contributed by atoms with E-state index in [1.807, 2.05) is 0 Å². The maximum absolute atomic E-state index is 13.1. The van der Waals surface area contributed by atoms with Gasteiger partial charge >= 0.3 is 5.97 Å². The predicted octanol–water partition coefficient (Wildman–Crippen LogP) is 3.85. The zero-order valence-electron chi connectivity index (χ0n) is 18.3. The topological polar surface area (TPSA) is 111 Å². The molecule has 1 aliphatic rings. The fourth-order valence-corrected chi connectivity index (χ4v) is 4.39. The molecule has 0 unspecified atom stereocenters. The number of carbonyl (C=O) groups excluding carboxylic acids is 2. The predicted molar refractivity (Wildman–Crippen MR) is 127 cm³/mol. The number of hydrogen-bond acceptors (Lipinski definition) is 7. The van der Waals surface area contributed by atoms with Crippen LogP contribution in [0.2, 0.25) is 0 Å². The normalized spacial score (nSPS) is 14.2. The van der Waals surface area contributed by atoms with E-state index in [0.29, 0.717) is 28.1 Å². The van der Waals surface area contributed by atoms with Gasteiger partial charge in [0.1, 0.15) is 5.75 Å². The van der Waals surface area contributed by atoms with Crippen LogP contribution < -0.4 is 10.1 Å². The molecule has 0 aromatic heterocycles. The highest BCUT2D eigenvalue weighted by atomic mass is 32.2. The van der Waals surface area contributed by atoms with Gasteiger partial charge in [-0.1, -0.05) is 24.3 Å². The van der Waals surface area contributed by atoms with Crippen LogP contribution in [-0.2, 0) is 14.8 Å². The number of nitrogens with zero attached hydrogens (tertiary/aromatic N) is 1. The molecule has 0 fully saturated rings. The second-order valence-corrected chi connectivity index (χ2v) is 8.86.